The molecule has 4 nitrogen and oxygen atoms in total. The number of carbonyl (C=O) groups excluding carboxylic acids is 1. The van der Waals surface area contributed by atoms with E-state index in [0.29, 0.717) is 18.4 Å². The third-order valence-corrected chi connectivity index (χ3v) is 3.91. The van der Waals surface area contributed by atoms with Gasteiger partial charge in [0.15, 0.2) is 0 Å². The van der Waals surface area contributed by atoms with Crippen LogP contribution in [0.1, 0.15) is 32.1 Å². The lowest BCUT2D eigenvalue weighted by molar-refractivity contribution is -0.131. The number of rotatable bonds is 2. The molecule has 2 saturated heterocycles. The van der Waals surface area contributed by atoms with Gasteiger partial charge >= 0.3 is 0 Å². The number of amides is 1. The molecule has 0 bridgehead atoms. The molecule has 1 amide bonds. The van der Waals surface area contributed by atoms with Crippen LogP contribution in [0.3, 0.4) is 0 Å². The summed E-state index contributed by atoms with van der Waals surface area (Å²) in [6.07, 6.45) is 5.51. The van der Waals surface area contributed by atoms with E-state index in [4.69, 9.17) is 0 Å². The van der Waals surface area contributed by atoms with Gasteiger partial charge in [-0.2, -0.15) is 0 Å². The van der Waals surface area contributed by atoms with Crippen LogP contribution in [0.2, 0.25) is 0 Å². The summed E-state index contributed by atoms with van der Waals surface area (Å²) in [5, 5.41) is 3.46. The van der Waals surface area contributed by atoms with E-state index in [1.165, 1.54) is 19.3 Å². The van der Waals surface area contributed by atoms with E-state index in [-0.39, 0.29) is 0 Å². The Bertz CT molecular complexity index is 251. The average Bonchev–Trinajstić information content (AvgIpc) is 2.55. The summed E-state index contributed by atoms with van der Waals surface area (Å²) >= 11 is 0. The zero-order valence-electron chi connectivity index (χ0n) is 11.0. The minimum atomic E-state index is 0.347. The number of likely N-dealkylation sites (N-methyl/N-ethyl adjacent to an activating group) is 1. The van der Waals surface area contributed by atoms with Crippen molar-refractivity contribution in [1.29, 1.82) is 0 Å². The van der Waals surface area contributed by atoms with E-state index < -0.39 is 0 Å². The molecule has 2 aliphatic heterocycles. The van der Waals surface area contributed by atoms with E-state index in [1.54, 1.807) is 0 Å². The summed E-state index contributed by atoms with van der Waals surface area (Å²) in [6.45, 7) is 5.06. The topological polar surface area (TPSA) is 35.6 Å². The second-order valence-corrected chi connectivity index (χ2v) is 5.39. The Hall–Kier alpha value is -0.610. The van der Waals surface area contributed by atoms with Gasteiger partial charge in [-0.3, -0.25) is 4.79 Å². The number of piperidine rings is 1. The molecule has 0 radical (unpaired) electrons. The largest absolute Gasteiger partial charge is 0.341 e. The highest BCUT2D eigenvalue weighted by atomic mass is 16.2. The molecule has 1 N–H and O–H groups in total. The molecule has 2 heterocycles. The highest BCUT2D eigenvalue weighted by Crippen LogP contribution is 2.12. The first-order chi connectivity index (χ1) is 8.25. The van der Waals surface area contributed by atoms with Crippen molar-refractivity contribution < 1.29 is 4.79 Å². The monoisotopic (exact) mass is 239 g/mol. The molecular formula is C13H25N3O. The maximum atomic E-state index is 12.2. The Kier molecular flexibility index (Phi) is 4.80. The summed E-state index contributed by atoms with van der Waals surface area (Å²) < 4.78 is 0. The lowest BCUT2D eigenvalue weighted by atomic mass is 10.0. The lowest BCUT2D eigenvalue weighted by Crippen LogP contribution is -2.41. The van der Waals surface area contributed by atoms with Gasteiger partial charge in [0.2, 0.25) is 5.91 Å². The minimum absolute atomic E-state index is 0.347. The molecule has 0 aromatic carbocycles. The Morgan fingerprint density at radius 1 is 1.18 bits per heavy atom. The first-order valence-corrected chi connectivity index (χ1v) is 6.95. The fourth-order valence-corrected chi connectivity index (χ4v) is 2.73. The molecule has 0 aromatic rings. The number of hydrogen-bond acceptors (Lipinski definition) is 3. The Balaban J connectivity index is 1.77. The van der Waals surface area contributed by atoms with Crippen molar-refractivity contribution in [3.63, 3.8) is 0 Å². The second kappa shape index (κ2) is 6.36. The zero-order valence-corrected chi connectivity index (χ0v) is 11.0. The van der Waals surface area contributed by atoms with Crippen LogP contribution in [-0.4, -0.2) is 61.5 Å². The molecule has 98 valence electrons. The summed E-state index contributed by atoms with van der Waals surface area (Å²) in [5.74, 6) is 0.347. The second-order valence-electron chi connectivity index (χ2n) is 5.39. The van der Waals surface area contributed by atoms with Gasteiger partial charge in [0, 0.05) is 32.1 Å². The third kappa shape index (κ3) is 3.96. The Morgan fingerprint density at radius 2 is 2.06 bits per heavy atom. The van der Waals surface area contributed by atoms with Gasteiger partial charge in [0.25, 0.3) is 0 Å². The molecule has 0 saturated carbocycles. The summed E-state index contributed by atoms with van der Waals surface area (Å²) in [4.78, 5) is 16.6. The molecule has 0 aromatic heterocycles. The van der Waals surface area contributed by atoms with Crippen LogP contribution in [0.15, 0.2) is 0 Å². The van der Waals surface area contributed by atoms with E-state index in [0.717, 1.165) is 39.1 Å². The highest BCUT2D eigenvalue weighted by molar-refractivity contribution is 5.76. The molecule has 0 aliphatic carbocycles. The fourth-order valence-electron chi connectivity index (χ4n) is 2.73. The summed E-state index contributed by atoms with van der Waals surface area (Å²) in [5.41, 5.74) is 0. The first kappa shape index (κ1) is 12.8. The van der Waals surface area contributed by atoms with E-state index in [1.807, 2.05) is 0 Å². The van der Waals surface area contributed by atoms with Crippen molar-refractivity contribution in [1.82, 2.24) is 15.1 Å². The van der Waals surface area contributed by atoms with Crippen LogP contribution in [0.25, 0.3) is 0 Å². The maximum Gasteiger partial charge on any atom is 0.224 e. The third-order valence-electron chi connectivity index (χ3n) is 3.91. The van der Waals surface area contributed by atoms with Crippen molar-refractivity contribution in [2.75, 3.05) is 39.8 Å². The van der Waals surface area contributed by atoms with E-state index in [2.05, 4.69) is 22.2 Å². The van der Waals surface area contributed by atoms with Crippen molar-refractivity contribution >= 4 is 5.91 Å². The van der Waals surface area contributed by atoms with Gasteiger partial charge < -0.3 is 15.1 Å². The number of nitrogens with one attached hydrogen (secondary N) is 1. The SMILES string of the molecule is CN1CCCN(C(=O)CC2CCCCN2)CC1. The van der Waals surface area contributed by atoms with Crippen LogP contribution < -0.4 is 5.32 Å². The van der Waals surface area contributed by atoms with Crippen molar-refractivity contribution in [3.05, 3.63) is 0 Å². The van der Waals surface area contributed by atoms with Crippen LogP contribution in [0, 0.1) is 0 Å². The van der Waals surface area contributed by atoms with Gasteiger partial charge in [0.1, 0.15) is 0 Å². The Morgan fingerprint density at radius 3 is 2.82 bits per heavy atom. The van der Waals surface area contributed by atoms with Crippen LogP contribution in [0.5, 0.6) is 0 Å². The molecule has 2 rings (SSSR count). The molecule has 1 atom stereocenters. The van der Waals surface area contributed by atoms with Crippen molar-refractivity contribution in [2.24, 2.45) is 0 Å². The zero-order chi connectivity index (χ0) is 12.1. The number of hydrogen-bond donors (Lipinski definition) is 1. The number of nitrogens with zero attached hydrogens (tertiary/aromatic N) is 2. The summed E-state index contributed by atoms with van der Waals surface area (Å²) in [7, 11) is 2.14. The Labute approximate surface area is 104 Å². The highest BCUT2D eigenvalue weighted by Gasteiger charge is 2.21. The van der Waals surface area contributed by atoms with Crippen LogP contribution in [-0.2, 0) is 4.79 Å². The molecule has 1 unspecified atom stereocenters. The normalized spacial score (nSPS) is 27.8. The maximum absolute atomic E-state index is 12.2. The van der Waals surface area contributed by atoms with Gasteiger partial charge in [0.05, 0.1) is 0 Å². The molecule has 17 heavy (non-hydrogen) atoms. The van der Waals surface area contributed by atoms with Crippen LogP contribution >= 0.6 is 0 Å². The quantitative estimate of drug-likeness (QED) is 0.770. The van der Waals surface area contributed by atoms with Crippen molar-refractivity contribution in [3.8, 4) is 0 Å². The smallest absolute Gasteiger partial charge is 0.224 e. The van der Waals surface area contributed by atoms with Gasteiger partial charge in [-0.05, 0) is 39.4 Å². The van der Waals surface area contributed by atoms with Gasteiger partial charge in [-0.1, -0.05) is 6.42 Å². The standard InChI is InChI=1S/C13H25N3O/c1-15-7-4-8-16(10-9-15)13(17)11-12-5-2-3-6-14-12/h12,14H,2-11H2,1H3. The van der Waals surface area contributed by atoms with E-state index in [9.17, 15) is 4.79 Å². The van der Waals surface area contributed by atoms with Gasteiger partial charge in [-0.25, -0.2) is 0 Å². The molecule has 2 fully saturated rings. The van der Waals surface area contributed by atoms with Gasteiger partial charge in [-0.15, -0.1) is 0 Å². The molecule has 0 spiro atoms. The molecule has 4 heteroatoms. The van der Waals surface area contributed by atoms with E-state index >= 15 is 0 Å². The van der Waals surface area contributed by atoms with Crippen LogP contribution in [0.4, 0.5) is 0 Å². The lowest BCUT2D eigenvalue weighted by Gasteiger charge is -2.27. The van der Waals surface area contributed by atoms with Crippen molar-refractivity contribution in [2.45, 2.75) is 38.1 Å². The molecule has 2 aliphatic rings. The fraction of sp³-hybridized carbons (Fsp3) is 0.923. The molecular weight excluding hydrogens is 214 g/mol. The summed E-state index contributed by atoms with van der Waals surface area (Å²) in [6, 6.07) is 0.428. The predicted octanol–water partition coefficient (Wildman–Crippen LogP) is 0.683. The predicted molar refractivity (Wildman–Crippen MR) is 69.0 cm³/mol. The minimum Gasteiger partial charge on any atom is -0.341 e. The number of carbonyl (C=O) groups is 1. The average molecular weight is 239 g/mol. The first-order valence-electron chi connectivity index (χ1n) is 6.95.